The number of likely N-dealkylation sites (tertiary alicyclic amines) is 1. The minimum absolute atomic E-state index is 0.0374. The molecule has 0 aliphatic carbocycles. The number of aromatic hydroxyl groups is 1. The molecule has 380 valence electrons. The van der Waals surface area contributed by atoms with E-state index in [0.29, 0.717) is 55.1 Å². The molecule has 2 aromatic carbocycles. The van der Waals surface area contributed by atoms with Gasteiger partial charge in [-0.05, 0) is 72.7 Å². The summed E-state index contributed by atoms with van der Waals surface area (Å²) >= 11 is 1.58. The van der Waals surface area contributed by atoms with Crippen LogP contribution in [-0.4, -0.2) is 136 Å². The van der Waals surface area contributed by atoms with Gasteiger partial charge in [-0.1, -0.05) is 50.2 Å². The van der Waals surface area contributed by atoms with Crippen molar-refractivity contribution in [3.8, 4) is 39.2 Å². The van der Waals surface area contributed by atoms with Crippen LogP contribution in [0, 0.1) is 12.8 Å². The third kappa shape index (κ3) is 11.7. The molecule has 4 fully saturated rings. The van der Waals surface area contributed by atoms with Gasteiger partial charge in [-0.25, -0.2) is 9.97 Å². The van der Waals surface area contributed by atoms with Crippen LogP contribution in [0.5, 0.6) is 17.5 Å². The summed E-state index contributed by atoms with van der Waals surface area (Å²) < 4.78 is 28.9. The number of thiazole rings is 1. The zero-order chi connectivity index (χ0) is 50.1. The average Bonchev–Trinajstić information content (AvgIpc) is 4.06. The molecule has 0 spiro atoms. The maximum atomic E-state index is 14.1. The number of nitrogens with zero attached hydrogens (tertiary/aromatic N) is 8. The maximum absolute atomic E-state index is 14.1. The van der Waals surface area contributed by atoms with Gasteiger partial charge in [0.2, 0.25) is 17.7 Å². The summed E-state index contributed by atoms with van der Waals surface area (Å²) in [5, 5.41) is 36.6. The number of aliphatic hydroxyl groups is 1. The number of aryl methyl sites for hydroxylation is 1. The van der Waals surface area contributed by atoms with Gasteiger partial charge in [0.05, 0.1) is 60.0 Å². The Bertz CT molecular complexity index is 2770. The predicted octanol–water partition coefficient (Wildman–Crippen LogP) is 6.00. The molecule has 2 amide bonds. The molecule has 4 saturated heterocycles. The highest BCUT2D eigenvalue weighted by Crippen LogP contribution is 2.39. The molecule has 4 aliphatic heterocycles. The lowest BCUT2D eigenvalue weighted by Gasteiger charge is -2.46. The number of hydrogen-bond donors (Lipinski definition) is 4. The van der Waals surface area contributed by atoms with Gasteiger partial charge in [-0.2, -0.15) is 0 Å². The molecule has 19 nitrogen and oxygen atoms in total. The number of benzene rings is 2. The van der Waals surface area contributed by atoms with Crippen molar-refractivity contribution in [2.75, 3.05) is 74.8 Å². The molecule has 8 heterocycles. The number of carbonyl (C=O) groups is 2. The number of anilines is 3. The average molecular weight is 1000 g/mol. The number of β-amino-alcohol motifs (C(OH)–C–C–N with tert-alkyl or cyclic N) is 1. The Labute approximate surface area is 422 Å². The van der Waals surface area contributed by atoms with Gasteiger partial charge in [-0.3, -0.25) is 9.59 Å². The van der Waals surface area contributed by atoms with E-state index in [-0.39, 0.29) is 74.2 Å². The fourth-order valence-corrected chi connectivity index (χ4v) is 10.7. The number of rotatable bonds is 21. The number of piperazine rings is 1. The Morgan fingerprint density at radius 1 is 0.875 bits per heavy atom. The van der Waals surface area contributed by atoms with E-state index < -0.39 is 18.1 Å². The van der Waals surface area contributed by atoms with Crippen LogP contribution < -0.4 is 30.3 Å². The first-order chi connectivity index (χ1) is 35.0. The number of aromatic nitrogens is 5. The Kier molecular flexibility index (Phi) is 16.1. The van der Waals surface area contributed by atoms with Crippen molar-refractivity contribution >= 4 is 40.3 Å². The van der Waals surface area contributed by atoms with Gasteiger partial charge in [0.1, 0.15) is 30.9 Å². The Morgan fingerprint density at radius 3 is 2.33 bits per heavy atom. The fraction of sp³-hybridized carbons (Fsp3) is 0.442. The summed E-state index contributed by atoms with van der Waals surface area (Å²) in [5.41, 5.74) is 14.3. The molecule has 2 unspecified atom stereocenters. The molecule has 2 bridgehead atoms. The number of ether oxygens (including phenoxy) is 4. The van der Waals surface area contributed by atoms with Crippen LogP contribution >= 0.6 is 11.3 Å². The van der Waals surface area contributed by atoms with Crippen LogP contribution in [-0.2, 0) is 25.6 Å². The second kappa shape index (κ2) is 23.1. The van der Waals surface area contributed by atoms with E-state index in [4.69, 9.17) is 29.2 Å². The van der Waals surface area contributed by atoms with Crippen molar-refractivity contribution in [1.82, 2.24) is 35.5 Å². The summed E-state index contributed by atoms with van der Waals surface area (Å²) in [6, 6.07) is 22.2. The van der Waals surface area contributed by atoms with E-state index in [1.807, 2.05) is 80.9 Å². The van der Waals surface area contributed by atoms with E-state index in [9.17, 15) is 19.8 Å². The van der Waals surface area contributed by atoms with Crippen LogP contribution in [0.15, 0.2) is 89.0 Å². The van der Waals surface area contributed by atoms with Crippen LogP contribution in [0.2, 0.25) is 0 Å². The third-order valence-corrected chi connectivity index (χ3v) is 14.5. The Hall–Kier alpha value is -6.87. The van der Waals surface area contributed by atoms with Crippen LogP contribution in [0.4, 0.5) is 17.2 Å². The van der Waals surface area contributed by atoms with Crippen LogP contribution in [0.25, 0.3) is 21.7 Å². The van der Waals surface area contributed by atoms with Gasteiger partial charge in [0.15, 0.2) is 11.6 Å². The minimum atomic E-state index is -0.833. The topological polar surface area (TPSA) is 237 Å². The second-order valence-corrected chi connectivity index (χ2v) is 19.6. The number of carbonyl (C=O) groups excluding carboxylic acids is 2. The number of amides is 2. The number of aliphatic hydroxyl groups excluding tert-OH is 1. The second-order valence-electron chi connectivity index (χ2n) is 18.7. The minimum Gasteiger partial charge on any atom is -0.507 e. The van der Waals surface area contributed by atoms with Crippen molar-refractivity contribution in [2.45, 2.75) is 83.1 Å². The summed E-state index contributed by atoms with van der Waals surface area (Å²) in [5.74, 6) is -0.0346. The Morgan fingerprint density at radius 2 is 1.60 bits per heavy atom. The number of para-hydroxylation sites is 1. The first-order valence-electron chi connectivity index (χ1n) is 24.5. The first kappa shape index (κ1) is 50.1. The standard InChI is InChI=1S/C52H62N10O9S/c1-32(2)48(52(66)62-30-39(63)24-43(62)51(65)55-27-34-11-13-35(14-12-34)49-33(3)56-31-72-49)45-26-47(59-71-45)70-22-20-68-18-17-67-19-21-69-46-23-36(15-16-54-46)60-28-38-8-6-7-37(60)29-61(38)42-25-41(57-58-50(42)53)40-9-4-5-10-44(40)64/h4-5,9-16,23,25-26,31-32,37-39,43,48,63-64H,6-8,17-22,24,27-30H2,1-3H3,(H2,53,58)(H,55,65)/t37?,38?,39-,43+,48+/m1/s1. The lowest BCUT2D eigenvalue weighted by atomic mass is 9.91. The molecular weight excluding hydrogens is 941 g/mol. The smallest absolute Gasteiger partial charge is 0.254 e. The summed E-state index contributed by atoms with van der Waals surface area (Å²) in [6.07, 6.45) is 4.21. The van der Waals surface area contributed by atoms with Crippen molar-refractivity contribution in [1.29, 1.82) is 0 Å². The van der Waals surface area contributed by atoms with Gasteiger partial charge >= 0.3 is 0 Å². The first-order valence-corrected chi connectivity index (χ1v) is 25.4. The number of phenols is 1. The molecule has 5 N–H and O–H groups in total. The number of pyridine rings is 1. The predicted molar refractivity (Wildman–Crippen MR) is 271 cm³/mol. The number of nitrogens with two attached hydrogens (primary N) is 1. The lowest BCUT2D eigenvalue weighted by molar-refractivity contribution is -0.141. The molecule has 6 aromatic rings. The van der Waals surface area contributed by atoms with Gasteiger partial charge in [-0.15, -0.1) is 21.5 Å². The van der Waals surface area contributed by atoms with E-state index >= 15 is 0 Å². The number of nitrogens with one attached hydrogen (secondary N) is 1. The van der Waals surface area contributed by atoms with Crippen LogP contribution in [0.3, 0.4) is 0 Å². The highest BCUT2D eigenvalue weighted by molar-refractivity contribution is 7.13. The van der Waals surface area contributed by atoms with E-state index in [2.05, 4.69) is 40.4 Å². The molecular formula is C52H62N10O9S. The number of fused-ring (bicyclic) bond motifs is 4. The highest BCUT2D eigenvalue weighted by Gasteiger charge is 2.43. The summed E-state index contributed by atoms with van der Waals surface area (Å²) in [6.45, 7) is 9.48. The number of nitrogen functional groups attached to an aromatic ring is 1. The lowest BCUT2D eigenvalue weighted by Crippen LogP contribution is -2.57. The van der Waals surface area contributed by atoms with Crippen molar-refractivity contribution < 1.29 is 43.3 Å². The van der Waals surface area contributed by atoms with E-state index in [0.717, 1.165) is 65.4 Å². The van der Waals surface area contributed by atoms with E-state index in [1.165, 1.54) is 4.90 Å². The highest BCUT2D eigenvalue weighted by atomic mass is 32.1. The molecule has 72 heavy (non-hydrogen) atoms. The van der Waals surface area contributed by atoms with Gasteiger partial charge < -0.3 is 59.4 Å². The number of hydrogen-bond acceptors (Lipinski definition) is 18. The SMILES string of the molecule is Cc1ncsc1-c1ccc(CNC(=O)[C@@H]2C[C@@H](O)CN2C(=O)[C@H](c2cc(OCCOCCOCCOc3cc(N4CC5CCCC4CN5c4cc(-c5ccccc5O)nnc4N)ccn3)no2)C(C)C)cc1. The molecule has 4 aromatic heterocycles. The molecule has 4 aliphatic rings. The van der Waals surface area contributed by atoms with E-state index in [1.54, 1.807) is 35.7 Å². The van der Waals surface area contributed by atoms with Crippen molar-refractivity contribution in [2.24, 2.45) is 5.92 Å². The van der Waals surface area contributed by atoms with Crippen molar-refractivity contribution in [3.05, 3.63) is 102 Å². The third-order valence-electron chi connectivity index (χ3n) is 13.5. The largest absolute Gasteiger partial charge is 0.507 e. The monoisotopic (exact) mass is 1000 g/mol. The zero-order valence-corrected chi connectivity index (χ0v) is 41.6. The number of phenolic OH excluding ortho intramolecular Hbond substituents is 1. The quantitative estimate of drug-likeness (QED) is 0.0605. The molecule has 0 radical (unpaired) electrons. The van der Waals surface area contributed by atoms with Crippen molar-refractivity contribution in [3.63, 3.8) is 0 Å². The molecule has 0 saturated carbocycles. The zero-order valence-electron chi connectivity index (χ0n) is 40.8. The molecule has 10 rings (SSSR count). The molecule has 20 heteroatoms. The summed E-state index contributed by atoms with van der Waals surface area (Å²) in [4.78, 5) is 43.7. The van der Waals surface area contributed by atoms with Gasteiger partial charge in [0, 0.05) is 74.3 Å². The molecule has 5 atom stereocenters. The maximum Gasteiger partial charge on any atom is 0.254 e. The van der Waals surface area contributed by atoms with Gasteiger partial charge in [0.25, 0.3) is 5.88 Å². The van der Waals surface area contributed by atoms with Crippen LogP contribution in [0.1, 0.15) is 62.5 Å². The summed E-state index contributed by atoms with van der Waals surface area (Å²) in [7, 11) is 0. The fourth-order valence-electron chi connectivity index (χ4n) is 9.84. The normalized spacial score (nSPS) is 19.2. The Balaban J connectivity index is 0.677.